The van der Waals surface area contributed by atoms with Crippen LogP contribution in [0.4, 0.5) is 0 Å². The molecule has 0 aliphatic rings. The van der Waals surface area contributed by atoms with Crippen molar-refractivity contribution in [2.45, 2.75) is 78.6 Å². The van der Waals surface area contributed by atoms with E-state index in [0.717, 1.165) is 17.0 Å². The molecule has 0 unspecified atom stereocenters. The molecule has 0 aliphatic heterocycles. The van der Waals surface area contributed by atoms with Crippen LogP contribution in [0.25, 0.3) is 0 Å². The van der Waals surface area contributed by atoms with E-state index in [-0.39, 0.29) is 16.2 Å². The second-order valence-electron chi connectivity index (χ2n) is 9.42. The highest BCUT2D eigenvalue weighted by atomic mass is 16.5. The van der Waals surface area contributed by atoms with Gasteiger partial charge >= 0.3 is 0 Å². The third kappa shape index (κ3) is 8.24. The quantitative estimate of drug-likeness (QED) is 0.485. The van der Waals surface area contributed by atoms with Gasteiger partial charge in [0.25, 0.3) is 0 Å². The molecule has 3 aromatic rings. The Hall–Kier alpha value is -2.37. The molecule has 0 aromatic carbocycles. The largest absolute Gasteiger partial charge is 0.364 e. The van der Waals surface area contributed by atoms with E-state index < -0.39 is 0 Å². The fourth-order valence-corrected chi connectivity index (χ4v) is 1.78. The van der Waals surface area contributed by atoms with Gasteiger partial charge in [-0.15, -0.1) is 0 Å². The Morgan fingerprint density at radius 3 is 1.63 bits per heavy atom. The second kappa shape index (κ2) is 9.02. The first-order valence-corrected chi connectivity index (χ1v) is 9.03. The normalized spacial score (nSPS) is 11.9. The van der Waals surface area contributed by atoms with Crippen molar-refractivity contribution in [3.63, 3.8) is 0 Å². The maximum atomic E-state index is 4.95. The zero-order chi connectivity index (χ0) is 20.7. The summed E-state index contributed by atoms with van der Waals surface area (Å²) in [6.45, 7) is 19.0. The number of nitrogens with zero attached hydrogens (tertiary/aromatic N) is 3. The fraction of sp³-hybridized carbons (Fsp3) is 0.571. The summed E-state index contributed by atoms with van der Waals surface area (Å²) in [7, 11) is 0. The van der Waals surface area contributed by atoms with Gasteiger partial charge < -0.3 is 13.6 Å². The van der Waals surface area contributed by atoms with Crippen LogP contribution in [0.5, 0.6) is 0 Å². The average molecular weight is 376 g/mol. The van der Waals surface area contributed by atoms with Gasteiger partial charge in [-0.2, -0.15) is 0 Å². The lowest BCUT2D eigenvalue weighted by atomic mass is 9.90. The first-order valence-electron chi connectivity index (χ1n) is 9.03. The molecule has 3 aromatic heterocycles. The Kier molecular flexibility index (Phi) is 7.57. The Morgan fingerprint density at radius 1 is 0.741 bits per heavy atom. The molecule has 0 saturated carbocycles. The van der Waals surface area contributed by atoms with Crippen molar-refractivity contribution in [1.29, 1.82) is 0 Å². The Morgan fingerprint density at radius 2 is 1.41 bits per heavy atom. The van der Waals surface area contributed by atoms with Gasteiger partial charge in [-0.3, -0.25) is 0 Å². The zero-order valence-corrected chi connectivity index (χ0v) is 18.0. The van der Waals surface area contributed by atoms with Crippen molar-refractivity contribution in [2.24, 2.45) is 0 Å². The highest BCUT2D eigenvalue weighted by Crippen LogP contribution is 2.21. The highest BCUT2D eigenvalue weighted by molar-refractivity contribution is 5.12. The molecule has 0 fully saturated rings. The van der Waals surface area contributed by atoms with Crippen LogP contribution in [0.1, 0.15) is 79.3 Å². The number of hydrogen-bond acceptors (Lipinski definition) is 6. The summed E-state index contributed by atoms with van der Waals surface area (Å²) < 4.78 is 14.3. The lowest BCUT2D eigenvalue weighted by Crippen LogP contribution is -2.10. The van der Waals surface area contributed by atoms with Crippen LogP contribution in [0.2, 0.25) is 0 Å². The van der Waals surface area contributed by atoms with Gasteiger partial charge in [0.1, 0.15) is 18.3 Å². The molecule has 6 heteroatoms. The Balaban J connectivity index is 0.000000202. The SMILES string of the molecule is CC(C)(C)c1ccno1.CC(C)(C)c1ccon1.CC(C)(C)c1cnoc1. The van der Waals surface area contributed by atoms with Crippen molar-refractivity contribution in [2.75, 3.05) is 0 Å². The Labute approximate surface area is 162 Å². The van der Waals surface area contributed by atoms with Crippen molar-refractivity contribution >= 4 is 0 Å². The molecule has 0 atom stereocenters. The first kappa shape index (κ1) is 22.7. The summed E-state index contributed by atoms with van der Waals surface area (Å²) in [5.74, 6) is 0.933. The first-order chi connectivity index (χ1) is 12.3. The molecule has 3 rings (SSSR count). The molecule has 0 saturated heterocycles. The van der Waals surface area contributed by atoms with Gasteiger partial charge in [0, 0.05) is 28.5 Å². The van der Waals surface area contributed by atoms with E-state index in [0.29, 0.717) is 0 Å². The molecule has 0 spiro atoms. The summed E-state index contributed by atoms with van der Waals surface area (Å²) in [6, 6.07) is 3.78. The standard InChI is InChI=1S/3C7H11NO/c1-7(2,3)6-4-8-9-5-6;1-7(2,3)6-4-5-9-8-6;1-7(2,3)6-4-5-8-9-6/h3*4-5H,1-3H3. The molecule has 0 amide bonds. The molecule has 0 bridgehead atoms. The van der Waals surface area contributed by atoms with E-state index in [1.807, 2.05) is 12.1 Å². The van der Waals surface area contributed by atoms with Crippen LogP contribution in [-0.2, 0) is 16.2 Å². The van der Waals surface area contributed by atoms with Crippen LogP contribution >= 0.6 is 0 Å². The lowest BCUT2D eigenvalue weighted by molar-refractivity contribution is 0.329. The molecular formula is C21H33N3O3. The maximum absolute atomic E-state index is 4.95. The van der Waals surface area contributed by atoms with E-state index in [9.17, 15) is 0 Å². The predicted molar refractivity (Wildman–Crippen MR) is 106 cm³/mol. The highest BCUT2D eigenvalue weighted by Gasteiger charge is 2.17. The minimum Gasteiger partial charge on any atom is -0.364 e. The van der Waals surface area contributed by atoms with Gasteiger partial charge in [-0.1, -0.05) is 77.8 Å². The van der Waals surface area contributed by atoms with E-state index in [1.54, 1.807) is 24.9 Å². The molecule has 150 valence electrons. The molecular weight excluding hydrogens is 342 g/mol. The van der Waals surface area contributed by atoms with Crippen LogP contribution in [0.3, 0.4) is 0 Å². The van der Waals surface area contributed by atoms with Crippen molar-refractivity contribution in [3.05, 3.63) is 54.1 Å². The van der Waals surface area contributed by atoms with Crippen molar-refractivity contribution < 1.29 is 13.6 Å². The summed E-state index contributed by atoms with van der Waals surface area (Å²) in [5.41, 5.74) is 2.52. The predicted octanol–water partition coefficient (Wildman–Crippen LogP) is 5.92. The van der Waals surface area contributed by atoms with E-state index in [4.69, 9.17) is 13.6 Å². The number of aromatic nitrogens is 3. The monoisotopic (exact) mass is 375 g/mol. The molecule has 0 aliphatic carbocycles. The van der Waals surface area contributed by atoms with Crippen LogP contribution in [0, 0.1) is 0 Å². The maximum Gasteiger partial charge on any atom is 0.142 e. The molecule has 0 radical (unpaired) electrons. The van der Waals surface area contributed by atoms with Gasteiger partial charge in [-0.25, -0.2) is 0 Å². The van der Waals surface area contributed by atoms with E-state index >= 15 is 0 Å². The van der Waals surface area contributed by atoms with Gasteiger partial charge in [-0.05, 0) is 5.41 Å². The van der Waals surface area contributed by atoms with Gasteiger partial charge in [0.05, 0.1) is 18.1 Å². The summed E-state index contributed by atoms with van der Waals surface area (Å²) in [5, 5.41) is 11.0. The van der Waals surface area contributed by atoms with E-state index in [1.165, 1.54) is 0 Å². The Bertz CT molecular complexity index is 619. The van der Waals surface area contributed by atoms with Crippen molar-refractivity contribution in [3.8, 4) is 0 Å². The molecule has 6 nitrogen and oxygen atoms in total. The minimum absolute atomic E-state index is 0.0938. The summed E-state index contributed by atoms with van der Waals surface area (Å²) in [6.07, 6.45) is 6.70. The van der Waals surface area contributed by atoms with Crippen LogP contribution in [0.15, 0.2) is 50.6 Å². The lowest BCUT2D eigenvalue weighted by Gasteiger charge is -2.13. The van der Waals surface area contributed by atoms with E-state index in [2.05, 4.69) is 77.8 Å². The summed E-state index contributed by atoms with van der Waals surface area (Å²) >= 11 is 0. The average Bonchev–Trinajstić information content (AvgIpc) is 3.28. The summed E-state index contributed by atoms with van der Waals surface area (Å²) in [4.78, 5) is 0. The third-order valence-corrected chi connectivity index (χ3v) is 3.68. The fourth-order valence-electron chi connectivity index (χ4n) is 1.78. The number of hydrogen-bond donors (Lipinski definition) is 0. The second-order valence-corrected chi connectivity index (χ2v) is 9.42. The smallest absolute Gasteiger partial charge is 0.142 e. The minimum atomic E-state index is 0.0938. The molecule has 3 heterocycles. The zero-order valence-electron chi connectivity index (χ0n) is 18.0. The van der Waals surface area contributed by atoms with Gasteiger partial charge in [0.15, 0.2) is 0 Å². The number of rotatable bonds is 0. The topological polar surface area (TPSA) is 78.1 Å². The van der Waals surface area contributed by atoms with Crippen LogP contribution in [-0.4, -0.2) is 15.5 Å². The van der Waals surface area contributed by atoms with Crippen molar-refractivity contribution in [1.82, 2.24) is 15.5 Å². The van der Waals surface area contributed by atoms with Crippen LogP contribution < -0.4 is 0 Å². The molecule has 27 heavy (non-hydrogen) atoms. The third-order valence-electron chi connectivity index (χ3n) is 3.68. The molecule has 0 N–H and O–H groups in total. The van der Waals surface area contributed by atoms with Gasteiger partial charge in [0.2, 0.25) is 0 Å².